The summed E-state index contributed by atoms with van der Waals surface area (Å²) < 4.78 is 4.60. The van der Waals surface area contributed by atoms with Crippen LogP contribution in [0.5, 0.6) is 0 Å². The number of halogens is 2. The fourth-order valence-corrected chi connectivity index (χ4v) is 4.30. The van der Waals surface area contributed by atoms with E-state index in [-0.39, 0.29) is 28.6 Å². The smallest absolute Gasteiger partial charge is 0.318 e. The van der Waals surface area contributed by atoms with Crippen molar-refractivity contribution < 1.29 is 14.3 Å². The lowest BCUT2D eigenvalue weighted by molar-refractivity contribution is -0.153. The Labute approximate surface area is 92.5 Å². The average molecular weight is 312 g/mol. The number of ether oxygens (including phenoxy) is 1. The molecule has 0 aromatic heterocycles. The molecular weight excluding hydrogens is 304 g/mol. The van der Waals surface area contributed by atoms with Gasteiger partial charge in [0.25, 0.3) is 0 Å². The average Bonchev–Trinajstić information content (AvgIpc) is 2.27. The van der Waals surface area contributed by atoms with E-state index in [0.29, 0.717) is 11.2 Å². The predicted octanol–water partition coefficient (Wildman–Crippen LogP) is 1.62. The lowest BCUT2D eigenvalue weighted by Gasteiger charge is -2.28. The van der Waals surface area contributed by atoms with Gasteiger partial charge in [-0.2, -0.15) is 0 Å². The lowest BCUT2D eigenvalue weighted by atomic mass is 9.81. The Bertz CT molecular complexity index is 266. The van der Waals surface area contributed by atoms with Gasteiger partial charge < -0.3 is 4.74 Å². The first-order chi connectivity index (χ1) is 6.09. The van der Waals surface area contributed by atoms with Crippen LogP contribution in [0.15, 0.2) is 0 Å². The predicted molar refractivity (Wildman–Crippen MR) is 52.7 cm³/mol. The zero-order valence-corrected chi connectivity index (χ0v) is 9.88. The van der Waals surface area contributed by atoms with Crippen molar-refractivity contribution in [2.45, 2.75) is 22.5 Å². The summed E-state index contributed by atoms with van der Waals surface area (Å²) in [7, 11) is 0. The van der Waals surface area contributed by atoms with E-state index in [1.165, 1.54) is 0 Å². The van der Waals surface area contributed by atoms with Gasteiger partial charge in [0.1, 0.15) is 0 Å². The molecule has 1 aliphatic heterocycles. The highest BCUT2D eigenvalue weighted by atomic mass is 79.9. The minimum Gasteiger partial charge on any atom is -0.393 e. The first-order valence-corrected chi connectivity index (χ1v) is 5.96. The Morgan fingerprint density at radius 3 is 2.54 bits per heavy atom. The number of esters is 2. The van der Waals surface area contributed by atoms with E-state index in [1.54, 1.807) is 0 Å². The molecule has 1 saturated carbocycles. The first kappa shape index (κ1) is 9.65. The van der Waals surface area contributed by atoms with Crippen LogP contribution in [0.1, 0.15) is 12.8 Å². The molecule has 1 saturated heterocycles. The van der Waals surface area contributed by atoms with Crippen LogP contribution in [0.25, 0.3) is 0 Å². The zero-order chi connectivity index (χ0) is 9.59. The molecule has 0 amide bonds. The summed E-state index contributed by atoms with van der Waals surface area (Å²) in [6.07, 6.45) is 1.57. The van der Waals surface area contributed by atoms with E-state index in [0.717, 1.165) is 6.42 Å². The highest BCUT2D eigenvalue weighted by Crippen LogP contribution is 2.42. The van der Waals surface area contributed by atoms with E-state index >= 15 is 0 Å². The number of hydrogen-bond donors (Lipinski definition) is 0. The van der Waals surface area contributed by atoms with Gasteiger partial charge in [0, 0.05) is 9.65 Å². The molecule has 5 heteroatoms. The minimum atomic E-state index is -0.365. The third-order valence-corrected chi connectivity index (χ3v) is 4.28. The molecule has 0 radical (unpaired) electrons. The lowest BCUT2D eigenvalue weighted by Crippen LogP contribution is -2.35. The van der Waals surface area contributed by atoms with Crippen LogP contribution in [0, 0.1) is 11.8 Å². The molecule has 0 N–H and O–H groups in total. The molecule has 0 spiro atoms. The molecule has 4 atom stereocenters. The molecule has 2 fully saturated rings. The van der Waals surface area contributed by atoms with Crippen LogP contribution in [-0.4, -0.2) is 21.6 Å². The first-order valence-electron chi connectivity index (χ1n) is 4.13. The molecular formula is C8H8Br2O3. The summed E-state index contributed by atoms with van der Waals surface area (Å²) in [5.74, 6) is -1.23. The number of cyclic esters (lactones) is 2. The van der Waals surface area contributed by atoms with Crippen molar-refractivity contribution in [2.24, 2.45) is 11.8 Å². The van der Waals surface area contributed by atoms with Gasteiger partial charge in [-0.25, -0.2) is 0 Å². The van der Waals surface area contributed by atoms with Gasteiger partial charge in [-0.05, 0) is 12.8 Å². The zero-order valence-electron chi connectivity index (χ0n) is 6.70. The Hall–Kier alpha value is 0.1000. The fourth-order valence-electron chi connectivity index (χ4n) is 1.96. The van der Waals surface area contributed by atoms with Crippen molar-refractivity contribution in [3.63, 3.8) is 0 Å². The van der Waals surface area contributed by atoms with E-state index in [9.17, 15) is 9.59 Å². The number of rotatable bonds is 0. The molecule has 3 nitrogen and oxygen atoms in total. The van der Waals surface area contributed by atoms with Crippen LogP contribution in [0.4, 0.5) is 0 Å². The Morgan fingerprint density at radius 2 is 1.85 bits per heavy atom. The second-order valence-corrected chi connectivity index (χ2v) is 5.93. The van der Waals surface area contributed by atoms with E-state index < -0.39 is 0 Å². The molecule has 2 aliphatic rings. The number of fused-ring (bicyclic) bond motifs is 1. The van der Waals surface area contributed by atoms with Gasteiger partial charge in [-0.3, -0.25) is 9.59 Å². The number of hydrogen-bond acceptors (Lipinski definition) is 3. The normalized spacial score (nSPS) is 44.5. The van der Waals surface area contributed by atoms with Crippen molar-refractivity contribution in [2.75, 3.05) is 0 Å². The standard InChI is InChI=1S/C8H8Br2O3/c9-3-1-4-6(5(10)2-3)8(12)13-7(4)11/h3-6H,1-2H2. The Balaban J connectivity index is 2.24. The monoisotopic (exact) mass is 310 g/mol. The Kier molecular flexibility index (Phi) is 2.49. The van der Waals surface area contributed by atoms with Gasteiger partial charge in [-0.15, -0.1) is 0 Å². The summed E-state index contributed by atoms with van der Waals surface area (Å²) in [5, 5.41) is 0. The molecule has 2 rings (SSSR count). The van der Waals surface area contributed by atoms with Crippen LogP contribution in [0.2, 0.25) is 0 Å². The molecule has 0 aromatic carbocycles. The van der Waals surface area contributed by atoms with Crippen molar-refractivity contribution in [1.29, 1.82) is 0 Å². The quantitative estimate of drug-likeness (QED) is 0.388. The van der Waals surface area contributed by atoms with Crippen molar-refractivity contribution in [1.82, 2.24) is 0 Å². The van der Waals surface area contributed by atoms with Crippen LogP contribution in [-0.2, 0) is 14.3 Å². The van der Waals surface area contributed by atoms with Gasteiger partial charge in [0.15, 0.2) is 0 Å². The summed E-state index contributed by atoms with van der Waals surface area (Å²) in [6.45, 7) is 0. The number of carbonyl (C=O) groups is 2. The molecule has 0 aromatic rings. The largest absolute Gasteiger partial charge is 0.393 e. The van der Waals surface area contributed by atoms with Gasteiger partial charge in [-0.1, -0.05) is 31.9 Å². The maximum atomic E-state index is 11.2. The maximum Gasteiger partial charge on any atom is 0.318 e. The summed E-state index contributed by atoms with van der Waals surface area (Å²) in [4.78, 5) is 22.8. The van der Waals surface area contributed by atoms with Crippen molar-refractivity contribution >= 4 is 43.8 Å². The molecule has 0 bridgehead atoms. The highest BCUT2D eigenvalue weighted by molar-refractivity contribution is 9.10. The second kappa shape index (κ2) is 3.35. The molecule has 1 heterocycles. The van der Waals surface area contributed by atoms with Gasteiger partial charge in [0.2, 0.25) is 0 Å². The van der Waals surface area contributed by atoms with Crippen LogP contribution in [0.3, 0.4) is 0 Å². The molecule has 1 aliphatic carbocycles. The molecule has 4 unspecified atom stereocenters. The minimum absolute atomic E-state index is 0.0644. The van der Waals surface area contributed by atoms with Crippen molar-refractivity contribution in [3.8, 4) is 0 Å². The topological polar surface area (TPSA) is 43.4 Å². The molecule has 72 valence electrons. The summed E-state index contributed by atoms with van der Waals surface area (Å²) in [6, 6.07) is 0. The van der Waals surface area contributed by atoms with Gasteiger partial charge >= 0.3 is 11.9 Å². The SMILES string of the molecule is O=C1OC(=O)C2C(Br)CC(Br)CC12. The summed E-state index contributed by atoms with van der Waals surface area (Å²) in [5.41, 5.74) is 0. The fraction of sp³-hybridized carbons (Fsp3) is 0.750. The Morgan fingerprint density at radius 1 is 1.15 bits per heavy atom. The van der Waals surface area contributed by atoms with Crippen LogP contribution < -0.4 is 0 Å². The van der Waals surface area contributed by atoms with Gasteiger partial charge in [0.05, 0.1) is 11.8 Å². The highest BCUT2D eigenvalue weighted by Gasteiger charge is 2.51. The van der Waals surface area contributed by atoms with Crippen LogP contribution >= 0.6 is 31.9 Å². The number of alkyl halides is 2. The van der Waals surface area contributed by atoms with E-state index in [2.05, 4.69) is 36.6 Å². The van der Waals surface area contributed by atoms with E-state index in [4.69, 9.17) is 0 Å². The molecule has 13 heavy (non-hydrogen) atoms. The maximum absolute atomic E-state index is 11.2. The third kappa shape index (κ3) is 1.56. The second-order valence-electron chi connectivity index (χ2n) is 3.46. The number of carbonyl (C=O) groups excluding carboxylic acids is 2. The van der Waals surface area contributed by atoms with E-state index in [1.807, 2.05) is 0 Å². The van der Waals surface area contributed by atoms with Crippen molar-refractivity contribution in [3.05, 3.63) is 0 Å². The summed E-state index contributed by atoms with van der Waals surface area (Å²) >= 11 is 6.88. The third-order valence-electron chi connectivity index (χ3n) is 2.59.